The molecule has 0 aromatic heterocycles. The highest BCUT2D eigenvalue weighted by Crippen LogP contribution is 2.70. The monoisotopic (exact) mass is 758 g/mol. The van der Waals surface area contributed by atoms with Crippen molar-refractivity contribution in [2.45, 2.75) is 235 Å². The van der Waals surface area contributed by atoms with Gasteiger partial charge in [0.05, 0.1) is 0 Å². The summed E-state index contributed by atoms with van der Waals surface area (Å²) in [4.78, 5) is 0. The van der Waals surface area contributed by atoms with Crippen LogP contribution in [0.15, 0.2) is 0 Å². The second-order valence-corrected chi connectivity index (χ2v) is 25.5. The quantitative estimate of drug-likeness (QED) is 0.209. The first-order valence-corrected chi connectivity index (χ1v) is 25.9. The molecule has 316 valence electrons. The molecular weight excluding hydrogens is 663 g/mol. The maximum absolute atomic E-state index is 4.47. The molecule has 1 heteroatoms. The lowest BCUT2D eigenvalue weighted by atomic mass is 9.44. The van der Waals surface area contributed by atoms with Gasteiger partial charge in [-0.3, -0.25) is 0 Å². The van der Waals surface area contributed by atoms with Crippen LogP contribution in [0.4, 0.5) is 0 Å². The van der Waals surface area contributed by atoms with Gasteiger partial charge in [0.2, 0.25) is 0 Å². The normalized spacial score (nSPS) is 50.4. The van der Waals surface area contributed by atoms with Crippen LogP contribution in [0.25, 0.3) is 0 Å². The first kappa shape index (κ1) is 41.7. The van der Waals surface area contributed by atoms with E-state index in [-0.39, 0.29) is 0 Å². The molecule has 0 unspecified atom stereocenters. The largest absolute Gasteiger partial charge is 0.311 e. The van der Waals surface area contributed by atoms with Gasteiger partial charge >= 0.3 is 0 Å². The lowest BCUT2D eigenvalue weighted by Gasteiger charge is -2.62. The third-order valence-electron chi connectivity index (χ3n) is 22.2. The minimum absolute atomic E-state index is 0.619. The Labute approximate surface area is 344 Å². The fourth-order valence-corrected chi connectivity index (χ4v) is 19.2. The highest BCUT2D eigenvalue weighted by Gasteiger charge is 2.62. The van der Waals surface area contributed by atoms with Crippen LogP contribution in [0.5, 0.6) is 0 Å². The van der Waals surface area contributed by atoms with Crippen LogP contribution in [0, 0.1) is 105 Å². The van der Waals surface area contributed by atoms with E-state index in [1.165, 1.54) is 77.0 Å². The molecule has 0 amide bonds. The second-order valence-electron chi connectivity index (χ2n) is 25.5. The average Bonchev–Trinajstić information content (AvgIpc) is 3.68. The molecular formula is C54H95N. The van der Waals surface area contributed by atoms with Crippen molar-refractivity contribution in [3.63, 3.8) is 0 Å². The summed E-state index contributed by atoms with van der Waals surface area (Å²) in [5.41, 5.74) is 2.51. The zero-order valence-corrected chi connectivity index (χ0v) is 38.7. The van der Waals surface area contributed by atoms with Crippen molar-refractivity contribution >= 4 is 0 Å². The Morgan fingerprint density at radius 2 is 0.800 bits per heavy atom. The molecule has 0 aliphatic heterocycles. The van der Waals surface area contributed by atoms with Crippen molar-refractivity contribution in [1.82, 2.24) is 5.32 Å². The van der Waals surface area contributed by atoms with Gasteiger partial charge in [-0.2, -0.15) is 0 Å². The van der Waals surface area contributed by atoms with Crippen LogP contribution < -0.4 is 5.32 Å². The van der Waals surface area contributed by atoms with E-state index in [4.69, 9.17) is 0 Å². The van der Waals surface area contributed by atoms with Crippen LogP contribution >= 0.6 is 0 Å². The third kappa shape index (κ3) is 7.44. The van der Waals surface area contributed by atoms with Gasteiger partial charge < -0.3 is 5.32 Å². The molecule has 0 heterocycles. The van der Waals surface area contributed by atoms with Crippen molar-refractivity contribution < 1.29 is 0 Å². The van der Waals surface area contributed by atoms with Crippen LogP contribution in [-0.4, -0.2) is 12.1 Å². The molecule has 0 aromatic carbocycles. The topological polar surface area (TPSA) is 12.0 Å². The van der Waals surface area contributed by atoms with Crippen LogP contribution in [0.1, 0.15) is 223 Å². The summed E-state index contributed by atoms with van der Waals surface area (Å²) in [6.45, 7) is 26.2. The summed E-state index contributed by atoms with van der Waals surface area (Å²) >= 11 is 0. The number of nitrogens with one attached hydrogen (secondary N) is 1. The Balaban J connectivity index is 0.840. The van der Waals surface area contributed by atoms with Crippen molar-refractivity contribution in [1.29, 1.82) is 0 Å². The lowest BCUT2D eigenvalue weighted by molar-refractivity contribution is -0.124. The van der Waals surface area contributed by atoms with Crippen LogP contribution in [0.3, 0.4) is 0 Å². The van der Waals surface area contributed by atoms with Gasteiger partial charge in [-0.15, -0.1) is 0 Å². The fourth-order valence-electron chi connectivity index (χ4n) is 19.2. The van der Waals surface area contributed by atoms with E-state index >= 15 is 0 Å². The highest BCUT2D eigenvalue weighted by molar-refractivity contribution is 5.12. The van der Waals surface area contributed by atoms with Gasteiger partial charge in [0, 0.05) is 12.1 Å². The Kier molecular flexibility index (Phi) is 12.2. The summed E-state index contributed by atoms with van der Waals surface area (Å²) in [5, 5.41) is 4.47. The van der Waals surface area contributed by atoms with E-state index in [9.17, 15) is 0 Å². The van der Waals surface area contributed by atoms with E-state index in [1.54, 1.807) is 77.0 Å². The molecule has 0 aromatic rings. The summed E-state index contributed by atoms with van der Waals surface area (Å²) < 4.78 is 0. The van der Waals surface area contributed by atoms with Crippen molar-refractivity contribution in [2.75, 3.05) is 0 Å². The highest BCUT2D eigenvalue weighted by atomic mass is 15.0. The molecule has 1 nitrogen and oxygen atoms in total. The molecule has 18 atom stereocenters. The Hall–Kier alpha value is -0.0400. The Bertz CT molecular complexity index is 1190. The van der Waals surface area contributed by atoms with E-state index in [0.717, 1.165) is 94.9 Å². The lowest BCUT2D eigenvalue weighted by Crippen LogP contribution is -2.57. The molecule has 0 spiro atoms. The maximum atomic E-state index is 4.47. The van der Waals surface area contributed by atoms with E-state index in [0.29, 0.717) is 21.7 Å². The van der Waals surface area contributed by atoms with Crippen molar-refractivity contribution in [3.8, 4) is 0 Å². The van der Waals surface area contributed by atoms with Crippen molar-refractivity contribution in [2.24, 2.45) is 105 Å². The molecule has 8 aliphatic carbocycles. The number of hydrogen-bond donors (Lipinski definition) is 1. The second kappa shape index (κ2) is 16.1. The van der Waals surface area contributed by atoms with Gasteiger partial charge in [-0.25, -0.2) is 0 Å². The standard InChI is InChI=1S/C54H95N/c1-35(2)13-11-15-37(5)45-21-23-47-43-19-17-39-33-41(25-29-51(39,7)49(43)27-31-53(45,47)9)55-42-26-30-52(8)40(34-42)18-20-44-48-24-22-46(38(6)16-12-14-36(3)4)54(48,10)32-28-50(44)52/h35-50,55H,11-34H2,1-10H3/t37-,38-,39+,40+,41+,42+,43-,44+,45+,46-,47-,48+,49-,50-,51+,52-,53-,54+/m1/s1. The molecule has 0 bridgehead atoms. The fraction of sp³-hybridized carbons (Fsp3) is 1.00. The first-order chi connectivity index (χ1) is 26.2. The van der Waals surface area contributed by atoms with Crippen LogP contribution in [0.2, 0.25) is 0 Å². The van der Waals surface area contributed by atoms with Gasteiger partial charge in [-0.1, -0.05) is 108 Å². The number of hydrogen-bond acceptors (Lipinski definition) is 1. The van der Waals surface area contributed by atoms with Crippen LogP contribution in [-0.2, 0) is 0 Å². The third-order valence-corrected chi connectivity index (χ3v) is 22.2. The molecule has 1 N–H and O–H groups in total. The predicted octanol–water partition coefficient (Wildman–Crippen LogP) is 15.6. The molecule has 8 aliphatic rings. The average molecular weight is 758 g/mol. The van der Waals surface area contributed by atoms with Gasteiger partial charge in [-0.05, 0) is 220 Å². The molecule has 0 saturated heterocycles. The summed E-state index contributed by atoms with van der Waals surface area (Å²) in [6.07, 6.45) is 36.3. The molecule has 0 radical (unpaired) electrons. The Morgan fingerprint density at radius 1 is 0.418 bits per heavy atom. The summed E-state index contributed by atoms with van der Waals surface area (Å²) in [7, 11) is 0. The predicted molar refractivity (Wildman–Crippen MR) is 237 cm³/mol. The molecule has 55 heavy (non-hydrogen) atoms. The smallest absolute Gasteiger partial charge is 0.00727 e. The summed E-state index contributed by atoms with van der Waals surface area (Å²) in [6, 6.07) is 1.59. The molecule has 8 fully saturated rings. The van der Waals surface area contributed by atoms with Gasteiger partial charge in [0.1, 0.15) is 0 Å². The van der Waals surface area contributed by atoms with Gasteiger partial charge in [0.15, 0.2) is 0 Å². The maximum Gasteiger partial charge on any atom is 0.00727 e. The van der Waals surface area contributed by atoms with E-state index in [1.807, 2.05) is 0 Å². The van der Waals surface area contributed by atoms with Gasteiger partial charge in [0.25, 0.3) is 0 Å². The summed E-state index contributed by atoms with van der Waals surface area (Å²) in [5.74, 6) is 13.7. The van der Waals surface area contributed by atoms with E-state index < -0.39 is 0 Å². The zero-order valence-electron chi connectivity index (χ0n) is 38.7. The minimum Gasteiger partial charge on any atom is -0.311 e. The zero-order chi connectivity index (χ0) is 38.9. The van der Waals surface area contributed by atoms with E-state index in [2.05, 4.69) is 74.6 Å². The van der Waals surface area contributed by atoms with Crippen molar-refractivity contribution in [3.05, 3.63) is 0 Å². The minimum atomic E-state index is 0.619. The first-order valence-electron chi connectivity index (χ1n) is 25.9. The molecule has 8 saturated carbocycles. The molecule has 8 rings (SSSR count). The number of rotatable bonds is 12. The SMILES string of the molecule is CC(C)CCC[C@@H](C)[C@H]1CC[C@H]2[C@@H]3CC[C@H]4C[C@@H](N[C@H]5CC[C@@]6(C)[C@@H](CC[C@H]7[C@H]6CC[C@@]6(C)[C@@H]7CC[C@H]6[C@H](C)CCCC(C)C)C5)CC[C@@]4(C)[C@@H]3CC[C@@]12C. The number of fused-ring (bicyclic) bond motifs is 10. The Morgan fingerprint density at radius 3 is 1.20 bits per heavy atom.